The van der Waals surface area contributed by atoms with Crippen LogP contribution in [0.5, 0.6) is 23.0 Å². The maximum Gasteiger partial charge on any atom is 0.346 e. The molecule has 4 aliphatic heterocycles. The van der Waals surface area contributed by atoms with E-state index in [1.807, 2.05) is 9.34 Å². The number of carbonyl (C=O) groups excluding carboxylic acids is 2. The Morgan fingerprint density at radius 3 is 1.28 bits per heavy atom. The van der Waals surface area contributed by atoms with Crippen LogP contribution in [0, 0.1) is 20.2 Å². The molecular formula is C42H50N8O12P2. The van der Waals surface area contributed by atoms with E-state index in [4.69, 9.17) is 22.6 Å². The van der Waals surface area contributed by atoms with Crippen LogP contribution in [0.2, 0.25) is 0 Å². The van der Waals surface area contributed by atoms with E-state index in [1.54, 1.807) is 61.5 Å². The van der Waals surface area contributed by atoms with Crippen molar-refractivity contribution in [3.63, 3.8) is 0 Å². The second kappa shape index (κ2) is 18.9. The van der Waals surface area contributed by atoms with Crippen LogP contribution in [0.1, 0.15) is 62.0 Å². The molecule has 4 aliphatic rings. The standard InChI is InChI=1S/2C21H25N4O6P/c2*1-15(31-32(29,23-9-10-23)24-11-12-24)16-7-8-19(25(27)28)20(14-16)30-18-6-4-5-17(13-18)21(26)22(2)3/h2*4-8,13-15H,9-12H2,1-3H3/t2*15-/m00/s1/i2D3;. The molecular weight excluding hydrogens is 870 g/mol. The van der Waals surface area contributed by atoms with Gasteiger partial charge in [-0.25, -0.2) is 18.7 Å². The average Bonchev–Trinajstić information content (AvgIpc) is 4.09. The third-order valence-corrected chi connectivity index (χ3v) is 16.0. The van der Waals surface area contributed by atoms with Gasteiger partial charge in [0.1, 0.15) is 11.5 Å². The molecule has 340 valence electrons. The first-order valence-corrected chi connectivity index (χ1v) is 23.4. The van der Waals surface area contributed by atoms with Gasteiger partial charge in [0.25, 0.3) is 11.8 Å². The first-order chi connectivity index (χ1) is 31.6. The number of hydrogen-bond donors (Lipinski definition) is 0. The predicted molar refractivity (Wildman–Crippen MR) is 236 cm³/mol. The van der Waals surface area contributed by atoms with E-state index in [0.29, 0.717) is 53.5 Å². The molecule has 0 saturated carbocycles. The number of ether oxygens (including phenoxy) is 2. The van der Waals surface area contributed by atoms with Gasteiger partial charge in [-0.2, -0.15) is 0 Å². The molecule has 4 saturated heterocycles. The van der Waals surface area contributed by atoms with Crippen LogP contribution in [0.4, 0.5) is 11.4 Å². The Balaban J connectivity index is 0.000000200. The molecule has 64 heavy (non-hydrogen) atoms. The van der Waals surface area contributed by atoms with Crippen LogP contribution >= 0.6 is 15.3 Å². The number of rotatable bonds is 18. The first-order valence-electron chi connectivity index (χ1n) is 21.8. The highest BCUT2D eigenvalue weighted by molar-refractivity contribution is 7.54. The monoisotopic (exact) mass is 923 g/mol. The molecule has 22 heteroatoms. The lowest BCUT2D eigenvalue weighted by Crippen LogP contribution is -2.21. The summed E-state index contributed by atoms with van der Waals surface area (Å²) in [6.07, 6.45) is -1.20. The molecule has 8 rings (SSSR count). The molecule has 20 nitrogen and oxygen atoms in total. The first kappa shape index (κ1) is 42.4. The van der Waals surface area contributed by atoms with E-state index in [0.717, 1.165) is 33.2 Å². The van der Waals surface area contributed by atoms with Gasteiger partial charge in [0.05, 0.1) is 22.1 Å². The highest BCUT2D eigenvalue weighted by atomic mass is 31.2. The summed E-state index contributed by atoms with van der Waals surface area (Å²) in [6.45, 7) is 6.58. The van der Waals surface area contributed by atoms with Crippen LogP contribution in [-0.4, -0.2) is 131 Å². The van der Waals surface area contributed by atoms with Gasteiger partial charge in [0, 0.05) is 108 Å². The van der Waals surface area contributed by atoms with Crippen molar-refractivity contribution in [3.05, 3.63) is 127 Å². The lowest BCUT2D eigenvalue weighted by atomic mass is 10.1. The fraction of sp³-hybridized carbons (Fsp3) is 0.381. The van der Waals surface area contributed by atoms with Crippen molar-refractivity contribution in [2.45, 2.75) is 26.1 Å². The summed E-state index contributed by atoms with van der Waals surface area (Å²) in [4.78, 5) is 48.8. The topological polar surface area (TPSA) is 210 Å². The normalized spacial score (nSPS) is 17.9. The van der Waals surface area contributed by atoms with Gasteiger partial charge >= 0.3 is 26.7 Å². The zero-order valence-corrected chi connectivity index (χ0v) is 37.6. The number of benzene rings is 4. The highest BCUT2D eigenvalue weighted by Crippen LogP contribution is 2.64. The minimum atomic E-state index is -3.11. The van der Waals surface area contributed by atoms with Gasteiger partial charge in [0.2, 0.25) is 11.5 Å². The molecule has 0 unspecified atom stereocenters. The molecule has 4 heterocycles. The van der Waals surface area contributed by atoms with Gasteiger partial charge in [-0.1, -0.05) is 12.1 Å². The van der Waals surface area contributed by atoms with Gasteiger partial charge in [-0.3, -0.25) is 48.0 Å². The molecule has 2 atom stereocenters. The predicted octanol–water partition coefficient (Wildman–Crippen LogP) is 7.81. The Hall–Kier alpha value is -5.56. The molecule has 0 aromatic heterocycles. The van der Waals surface area contributed by atoms with Crippen molar-refractivity contribution >= 4 is 38.5 Å². The van der Waals surface area contributed by atoms with Crippen LogP contribution < -0.4 is 9.47 Å². The second-order valence-electron chi connectivity index (χ2n) is 15.6. The van der Waals surface area contributed by atoms with Crippen molar-refractivity contribution in [1.29, 1.82) is 0 Å². The van der Waals surface area contributed by atoms with E-state index in [-0.39, 0.29) is 40.1 Å². The Morgan fingerprint density at radius 2 is 0.969 bits per heavy atom. The number of carbonyl (C=O) groups is 2. The molecule has 4 fully saturated rings. The van der Waals surface area contributed by atoms with Gasteiger partial charge < -0.3 is 19.3 Å². The Labute approximate surface area is 374 Å². The summed E-state index contributed by atoms with van der Waals surface area (Å²) in [5, 5.41) is 23.2. The fourth-order valence-corrected chi connectivity index (χ4v) is 11.2. The number of nitro groups is 2. The number of nitrogens with zero attached hydrogens (tertiary/aromatic N) is 8. The SMILES string of the molecule is C[C@H](OP(=O)(N1CC1)N1CC1)c1ccc([N+](=O)[O-])c(Oc2cccc(C(=O)N(C)C)c2)c1.[2H]C([2H])([2H])N(C)C(=O)c1cccc(Oc2cc([C@H](C)OP(=O)(N3CC3)N3CC3)ccc2[N+](=O)[O-])c1. The quantitative estimate of drug-likeness (QED) is 0.0403. The summed E-state index contributed by atoms with van der Waals surface area (Å²) in [7, 11) is -1.73. The van der Waals surface area contributed by atoms with Crippen molar-refractivity contribution in [2.75, 3.05) is 80.5 Å². The number of nitro benzene ring substituents is 2. The maximum absolute atomic E-state index is 13.3. The van der Waals surface area contributed by atoms with E-state index >= 15 is 0 Å². The van der Waals surface area contributed by atoms with E-state index in [9.17, 15) is 38.9 Å². The van der Waals surface area contributed by atoms with Gasteiger partial charge in [0.15, 0.2) is 0 Å². The van der Waals surface area contributed by atoms with Crippen LogP contribution in [-0.2, 0) is 18.2 Å². The lowest BCUT2D eigenvalue weighted by molar-refractivity contribution is -0.385. The van der Waals surface area contributed by atoms with Crippen molar-refractivity contribution < 1.29 is 51.2 Å². The fourth-order valence-electron chi connectivity index (χ4n) is 6.47. The zero-order chi connectivity index (χ0) is 48.6. The van der Waals surface area contributed by atoms with E-state index < -0.39 is 50.3 Å². The molecule has 0 radical (unpaired) electrons. The van der Waals surface area contributed by atoms with Crippen molar-refractivity contribution in [1.82, 2.24) is 28.5 Å². The van der Waals surface area contributed by atoms with E-state index in [2.05, 4.69) is 0 Å². The molecule has 2 amide bonds. The molecule has 4 aromatic rings. The minimum absolute atomic E-state index is 0.0192. The van der Waals surface area contributed by atoms with E-state index in [1.165, 1.54) is 65.6 Å². The summed E-state index contributed by atoms with van der Waals surface area (Å²) in [5.41, 5.74) is 1.07. The second-order valence-corrected chi connectivity index (χ2v) is 20.2. The third-order valence-electron chi connectivity index (χ3n) is 10.3. The average molecular weight is 924 g/mol. The summed E-state index contributed by atoms with van der Waals surface area (Å²) >= 11 is 0. The molecule has 0 spiro atoms. The summed E-state index contributed by atoms with van der Waals surface area (Å²) < 4.78 is 79.5. The van der Waals surface area contributed by atoms with Crippen LogP contribution in [0.3, 0.4) is 0 Å². The summed E-state index contributed by atoms with van der Waals surface area (Å²) in [5.74, 6) is -0.619. The Kier molecular flexibility index (Phi) is 12.5. The molecule has 0 N–H and O–H groups in total. The van der Waals surface area contributed by atoms with Crippen LogP contribution in [0.15, 0.2) is 84.9 Å². The van der Waals surface area contributed by atoms with Crippen LogP contribution in [0.25, 0.3) is 0 Å². The lowest BCUT2D eigenvalue weighted by Gasteiger charge is -2.24. The third kappa shape index (κ3) is 10.9. The smallest absolute Gasteiger partial charge is 0.346 e. The van der Waals surface area contributed by atoms with Gasteiger partial charge in [-0.15, -0.1) is 0 Å². The number of amides is 2. The van der Waals surface area contributed by atoms with Gasteiger partial charge in [-0.05, 0) is 85.6 Å². The zero-order valence-electron chi connectivity index (χ0n) is 38.8. The van der Waals surface area contributed by atoms with Crippen molar-refractivity contribution in [2.24, 2.45) is 0 Å². The van der Waals surface area contributed by atoms with Crippen molar-refractivity contribution in [3.8, 4) is 23.0 Å². The highest BCUT2D eigenvalue weighted by Gasteiger charge is 2.51. The molecule has 0 bridgehead atoms. The maximum atomic E-state index is 13.3. The Bertz CT molecular complexity index is 2630. The largest absolute Gasteiger partial charge is 0.450 e. The minimum Gasteiger partial charge on any atom is -0.450 e. The summed E-state index contributed by atoms with van der Waals surface area (Å²) in [6, 6.07) is 20.9. The Morgan fingerprint density at radius 1 is 0.609 bits per heavy atom. The molecule has 4 aromatic carbocycles. The number of hydrogen-bond acceptors (Lipinski definition) is 12. The molecule has 0 aliphatic carbocycles.